The van der Waals surface area contributed by atoms with Gasteiger partial charge in [0.2, 0.25) is 0 Å². The lowest BCUT2D eigenvalue weighted by Gasteiger charge is -2.31. The summed E-state index contributed by atoms with van der Waals surface area (Å²) in [6.07, 6.45) is 0. The highest BCUT2D eigenvalue weighted by molar-refractivity contribution is 6.16. The number of fused-ring (bicyclic) bond motifs is 4. The van der Waals surface area contributed by atoms with E-state index in [1.54, 1.807) is 0 Å². The lowest BCUT2D eigenvalue weighted by molar-refractivity contribution is 1.18. The summed E-state index contributed by atoms with van der Waals surface area (Å²) in [6, 6.07) is 91.3. The molecule has 0 aliphatic carbocycles. The topological polar surface area (TPSA) is 14.7 Å². The molecule has 1 aromatic heterocycles. The summed E-state index contributed by atoms with van der Waals surface area (Å²) in [4.78, 5) is 7.16. The van der Waals surface area contributed by atoms with Gasteiger partial charge in [0, 0.05) is 61.7 Å². The number of anilines is 9. The molecule has 0 saturated carbocycles. The highest BCUT2D eigenvalue weighted by atomic mass is 15.2. The first kappa shape index (κ1) is 36.7. The van der Waals surface area contributed by atoms with Crippen LogP contribution < -0.4 is 14.7 Å². The van der Waals surface area contributed by atoms with Gasteiger partial charge < -0.3 is 19.3 Å². The SMILES string of the molecule is c1ccc(N(c2ccccc2)c2cccc(N(c3cccc(N(c4ccccc4)c4cccc5ccccc45)c3)c3cccc4c3c3ccccc3n4-c3ccccc3)c2)cc1. The van der Waals surface area contributed by atoms with Gasteiger partial charge in [0.25, 0.3) is 0 Å². The molecule has 0 bridgehead atoms. The Bertz CT molecular complexity index is 3260. The third-order valence-corrected chi connectivity index (χ3v) is 11.7. The van der Waals surface area contributed by atoms with Gasteiger partial charge in [0.15, 0.2) is 0 Å². The van der Waals surface area contributed by atoms with Crippen LogP contribution in [0.4, 0.5) is 51.2 Å². The molecule has 0 amide bonds. The third-order valence-electron chi connectivity index (χ3n) is 11.7. The molecule has 4 heteroatoms. The summed E-state index contributed by atoms with van der Waals surface area (Å²) >= 11 is 0. The van der Waals surface area contributed by atoms with Crippen LogP contribution in [0.2, 0.25) is 0 Å². The Labute approximate surface area is 362 Å². The van der Waals surface area contributed by atoms with Crippen LogP contribution in [-0.4, -0.2) is 4.57 Å². The maximum absolute atomic E-state index is 2.44. The molecule has 294 valence electrons. The normalized spacial score (nSPS) is 11.2. The molecule has 11 aromatic rings. The van der Waals surface area contributed by atoms with Gasteiger partial charge in [0.05, 0.1) is 22.4 Å². The van der Waals surface area contributed by atoms with Crippen molar-refractivity contribution in [3.63, 3.8) is 0 Å². The summed E-state index contributed by atoms with van der Waals surface area (Å²) in [5.74, 6) is 0. The van der Waals surface area contributed by atoms with E-state index < -0.39 is 0 Å². The molecule has 0 unspecified atom stereocenters. The van der Waals surface area contributed by atoms with Crippen LogP contribution in [0, 0.1) is 0 Å². The molecule has 0 aliphatic rings. The number of aromatic nitrogens is 1. The van der Waals surface area contributed by atoms with Crippen molar-refractivity contribution in [3.05, 3.63) is 255 Å². The standard InChI is InChI=1S/C58H42N4/c1-5-23-44(24-6-1)59(45-25-7-2-8-26-45)48-31-18-33-50(41-48)61(56-39-20-40-57-58(56)53-36-15-16-37-55(53)62(57)47-29-11-4-12-30-47)51-34-19-32-49(42-51)60(46-27-9-3-10-28-46)54-38-17-22-43-21-13-14-35-52(43)54/h1-42H. The largest absolute Gasteiger partial charge is 0.310 e. The van der Waals surface area contributed by atoms with E-state index in [2.05, 4.69) is 274 Å². The zero-order valence-corrected chi connectivity index (χ0v) is 34.0. The van der Waals surface area contributed by atoms with Crippen molar-refractivity contribution in [1.29, 1.82) is 0 Å². The number of hydrogen-bond acceptors (Lipinski definition) is 3. The fourth-order valence-electron chi connectivity index (χ4n) is 9.02. The van der Waals surface area contributed by atoms with Crippen LogP contribution in [0.3, 0.4) is 0 Å². The quantitative estimate of drug-likeness (QED) is 0.137. The number of hydrogen-bond donors (Lipinski definition) is 0. The van der Waals surface area contributed by atoms with Gasteiger partial charge in [-0.2, -0.15) is 0 Å². The number of benzene rings is 10. The second kappa shape index (κ2) is 16.0. The minimum Gasteiger partial charge on any atom is -0.310 e. The van der Waals surface area contributed by atoms with Crippen LogP contribution >= 0.6 is 0 Å². The molecule has 0 fully saturated rings. The van der Waals surface area contributed by atoms with E-state index in [1.165, 1.54) is 21.5 Å². The third kappa shape index (κ3) is 6.61. The summed E-state index contributed by atoms with van der Waals surface area (Å²) in [5, 5.41) is 4.76. The molecule has 1 heterocycles. The van der Waals surface area contributed by atoms with Crippen LogP contribution in [0.25, 0.3) is 38.3 Å². The van der Waals surface area contributed by atoms with Crippen molar-refractivity contribution in [2.24, 2.45) is 0 Å². The summed E-state index contributed by atoms with van der Waals surface area (Å²) in [5.41, 5.74) is 13.1. The summed E-state index contributed by atoms with van der Waals surface area (Å²) in [6.45, 7) is 0. The first-order valence-corrected chi connectivity index (χ1v) is 21.1. The average Bonchev–Trinajstić information content (AvgIpc) is 3.69. The lowest BCUT2D eigenvalue weighted by Crippen LogP contribution is -2.15. The van der Waals surface area contributed by atoms with Gasteiger partial charge in [-0.05, 0) is 115 Å². The van der Waals surface area contributed by atoms with Crippen molar-refractivity contribution in [2.45, 2.75) is 0 Å². The predicted molar refractivity (Wildman–Crippen MR) is 262 cm³/mol. The fourth-order valence-corrected chi connectivity index (χ4v) is 9.02. The Morgan fingerprint density at radius 3 is 1.26 bits per heavy atom. The van der Waals surface area contributed by atoms with Crippen molar-refractivity contribution in [3.8, 4) is 5.69 Å². The van der Waals surface area contributed by atoms with E-state index >= 15 is 0 Å². The molecular formula is C58H42N4. The molecule has 62 heavy (non-hydrogen) atoms. The molecule has 10 aromatic carbocycles. The lowest BCUT2D eigenvalue weighted by atomic mass is 10.1. The van der Waals surface area contributed by atoms with Crippen molar-refractivity contribution in [2.75, 3.05) is 14.7 Å². The predicted octanol–water partition coefficient (Wildman–Crippen LogP) is 16.3. The molecule has 0 aliphatic heterocycles. The van der Waals surface area contributed by atoms with Gasteiger partial charge in [-0.25, -0.2) is 0 Å². The Hall–Kier alpha value is -8.34. The first-order chi connectivity index (χ1) is 30.8. The second-order valence-electron chi connectivity index (χ2n) is 15.4. The van der Waals surface area contributed by atoms with E-state index in [0.717, 1.165) is 67.9 Å². The zero-order valence-electron chi connectivity index (χ0n) is 34.0. The number of nitrogens with zero attached hydrogens (tertiary/aromatic N) is 4. The van der Waals surface area contributed by atoms with Gasteiger partial charge in [-0.15, -0.1) is 0 Å². The summed E-state index contributed by atoms with van der Waals surface area (Å²) < 4.78 is 2.39. The zero-order chi connectivity index (χ0) is 41.2. The maximum Gasteiger partial charge on any atom is 0.0562 e. The van der Waals surface area contributed by atoms with Crippen molar-refractivity contribution < 1.29 is 0 Å². The molecule has 0 saturated heterocycles. The van der Waals surface area contributed by atoms with Crippen LogP contribution in [-0.2, 0) is 0 Å². The Morgan fingerprint density at radius 1 is 0.258 bits per heavy atom. The maximum atomic E-state index is 2.44. The van der Waals surface area contributed by atoms with Crippen LogP contribution in [0.5, 0.6) is 0 Å². The monoisotopic (exact) mass is 794 g/mol. The van der Waals surface area contributed by atoms with Gasteiger partial charge >= 0.3 is 0 Å². The van der Waals surface area contributed by atoms with Gasteiger partial charge in [-0.1, -0.05) is 146 Å². The highest BCUT2D eigenvalue weighted by Gasteiger charge is 2.24. The molecule has 0 spiro atoms. The second-order valence-corrected chi connectivity index (χ2v) is 15.4. The van der Waals surface area contributed by atoms with Crippen LogP contribution in [0.15, 0.2) is 255 Å². The Kier molecular flexibility index (Phi) is 9.49. The minimum atomic E-state index is 1.04. The molecular weight excluding hydrogens is 753 g/mol. The molecule has 0 N–H and O–H groups in total. The highest BCUT2D eigenvalue weighted by Crippen LogP contribution is 2.47. The van der Waals surface area contributed by atoms with E-state index in [0.29, 0.717) is 0 Å². The number of rotatable bonds is 10. The molecule has 4 nitrogen and oxygen atoms in total. The van der Waals surface area contributed by atoms with Gasteiger partial charge in [-0.3, -0.25) is 0 Å². The van der Waals surface area contributed by atoms with E-state index in [-0.39, 0.29) is 0 Å². The average molecular weight is 795 g/mol. The fraction of sp³-hybridized carbons (Fsp3) is 0. The minimum absolute atomic E-state index is 1.04. The van der Waals surface area contributed by atoms with E-state index in [1.807, 2.05) is 0 Å². The Morgan fingerprint density at radius 2 is 0.645 bits per heavy atom. The Balaban J connectivity index is 1.17. The first-order valence-electron chi connectivity index (χ1n) is 21.1. The van der Waals surface area contributed by atoms with Crippen molar-refractivity contribution >= 4 is 83.8 Å². The summed E-state index contributed by atoms with van der Waals surface area (Å²) in [7, 11) is 0. The number of para-hydroxylation sites is 5. The molecule has 0 atom stereocenters. The van der Waals surface area contributed by atoms with Crippen molar-refractivity contribution in [1.82, 2.24) is 4.57 Å². The van der Waals surface area contributed by atoms with E-state index in [9.17, 15) is 0 Å². The molecule has 0 radical (unpaired) electrons. The van der Waals surface area contributed by atoms with Gasteiger partial charge in [0.1, 0.15) is 0 Å². The molecule has 11 rings (SSSR count). The van der Waals surface area contributed by atoms with E-state index in [4.69, 9.17) is 0 Å². The van der Waals surface area contributed by atoms with Crippen LogP contribution in [0.1, 0.15) is 0 Å². The smallest absolute Gasteiger partial charge is 0.0562 e.